The van der Waals surface area contributed by atoms with Crippen LogP contribution in [-0.4, -0.2) is 42.8 Å². The maximum absolute atomic E-state index is 12.2. The smallest absolute Gasteiger partial charge is 0.410 e. The van der Waals surface area contributed by atoms with Gasteiger partial charge in [0.15, 0.2) is 0 Å². The Morgan fingerprint density at radius 1 is 0.926 bits per heavy atom. The average molecular weight is 375 g/mol. The summed E-state index contributed by atoms with van der Waals surface area (Å²) in [5.74, 6) is 0. The molecule has 0 spiro atoms. The molecule has 1 aliphatic rings. The van der Waals surface area contributed by atoms with Gasteiger partial charge in [0, 0.05) is 31.9 Å². The molecule has 1 fully saturated rings. The van der Waals surface area contributed by atoms with Crippen molar-refractivity contribution >= 4 is 11.8 Å². The molecule has 0 saturated carbocycles. The van der Waals surface area contributed by atoms with Gasteiger partial charge in [-0.1, -0.05) is 51.2 Å². The van der Waals surface area contributed by atoms with Crippen LogP contribution in [0.2, 0.25) is 0 Å². The third-order valence-corrected chi connectivity index (χ3v) is 5.05. The lowest BCUT2D eigenvalue weighted by atomic mass is 10.0. The number of ether oxygens (including phenoxy) is 1. The molecule has 1 amide bonds. The number of benzene rings is 1. The van der Waals surface area contributed by atoms with Gasteiger partial charge in [0.25, 0.3) is 0 Å². The van der Waals surface area contributed by atoms with Crippen molar-refractivity contribution in [2.45, 2.75) is 78.2 Å². The predicted molar refractivity (Wildman–Crippen MR) is 114 cm³/mol. The first kappa shape index (κ1) is 21.6. The molecule has 0 radical (unpaired) electrons. The molecule has 0 aromatic heterocycles. The Hall–Kier alpha value is -1.71. The Bertz CT molecular complexity index is 555. The second-order valence-corrected chi connectivity index (χ2v) is 8.64. The fourth-order valence-corrected chi connectivity index (χ4v) is 3.46. The molecule has 0 atom stereocenters. The summed E-state index contributed by atoms with van der Waals surface area (Å²) in [7, 11) is 0. The number of carbonyl (C=O) groups excluding carboxylic acids is 1. The molecule has 27 heavy (non-hydrogen) atoms. The summed E-state index contributed by atoms with van der Waals surface area (Å²) >= 11 is 0. The number of piperazine rings is 1. The zero-order valence-electron chi connectivity index (χ0n) is 17.8. The molecule has 0 aliphatic carbocycles. The first-order chi connectivity index (χ1) is 12.9. The largest absolute Gasteiger partial charge is 0.444 e. The van der Waals surface area contributed by atoms with Crippen molar-refractivity contribution in [3.63, 3.8) is 0 Å². The number of hydrogen-bond acceptors (Lipinski definition) is 3. The van der Waals surface area contributed by atoms with E-state index in [0.717, 1.165) is 13.1 Å². The topological polar surface area (TPSA) is 32.8 Å². The predicted octanol–water partition coefficient (Wildman–Crippen LogP) is 5.65. The molecule has 4 nitrogen and oxygen atoms in total. The summed E-state index contributed by atoms with van der Waals surface area (Å²) < 4.78 is 5.47. The molecule has 1 aromatic rings. The molecule has 2 rings (SSSR count). The fraction of sp³-hybridized carbons (Fsp3) is 0.696. The molecular formula is C23H38N2O2. The van der Waals surface area contributed by atoms with Gasteiger partial charge < -0.3 is 14.5 Å². The quantitative estimate of drug-likeness (QED) is 0.551. The lowest BCUT2D eigenvalue weighted by Crippen LogP contribution is -2.50. The Labute approximate surface area is 165 Å². The lowest BCUT2D eigenvalue weighted by molar-refractivity contribution is 0.0240. The van der Waals surface area contributed by atoms with Gasteiger partial charge in [-0.25, -0.2) is 4.79 Å². The summed E-state index contributed by atoms with van der Waals surface area (Å²) in [5.41, 5.74) is 2.26. The van der Waals surface area contributed by atoms with E-state index in [4.69, 9.17) is 4.74 Å². The van der Waals surface area contributed by atoms with Gasteiger partial charge in [0.1, 0.15) is 5.60 Å². The van der Waals surface area contributed by atoms with Crippen LogP contribution < -0.4 is 4.90 Å². The SMILES string of the molecule is CCCCCCCCc1ccc(N2CCN(C(=O)OC(C)(C)C)CC2)cc1. The number of nitrogens with zero attached hydrogens (tertiary/aromatic N) is 2. The highest BCUT2D eigenvalue weighted by Gasteiger charge is 2.25. The number of amides is 1. The maximum Gasteiger partial charge on any atom is 0.410 e. The minimum absolute atomic E-state index is 0.198. The number of aryl methyl sites for hydroxylation is 1. The molecule has 0 N–H and O–H groups in total. The summed E-state index contributed by atoms with van der Waals surface area (Å²) in [4.78, 5) is 16.3. The van der Waals surface area contributed by atoms with Crippen molar-refractivity contribution in [3.05, 3.63) is 29.8 Å². The minimum Gasteiger partial charge on any atom is -0.444 e. The van der Waals surface area contributed by atoms with Crippen molar-refractivity contribution in [2.24, 2.45) is 0 Å². The molecular weight excluding hydrogens is 336 g/mol. The summed E-state index contributed by atoms with van der Waals surface area (Å²) in [6.45, 7) is 11.1. The van der Waals surface area contributed by atoms with Crippen LogP contribution >= 0.6 is 0 Å². The van der Waals surface area contributed by atoms with E-state index in [1.54, 1.807) is 0 Å². The van der Waals surface area contributed by atoms with Crippen LogP contribution in [-0.2, 0) is 11.2 Å². The van der Waals surface area contributed by atoms with E-state index in [2.05, 4.69) is 36.1 Å². The van der Waals surface area contributed by atoms with E-state index in [1.807, 2.05) is 25.7 Å². The Morgan fingerprint density at radius 2 is 1.52 bits per heavy atom. The highest BCUT2D eigenvalue weighted by atomic mass is 16.6. The van der Waals surface area contributed by atoms with E-state index >= 15 is 0 Å². The molecule has 0 bridgehead atoms. The number of unbranched alkanes of at least 4 members (excludes halogenated alkanes) is 5. The van der Waals surface area contributed by atoms with Crippen molar-refractivity contribution in [1.29, 1.82) is 0 Å². The summed E-state index contributed by atoms with van der Waals surface area (Å²) in [6, 6.07) is 8.99. The molecule has 4 heteroatoms. The van der Waals surface area contributed by atoms with Crippen molar-refractivity contribution in [2.75, 3.05) is 31.1 Å². The average Bonchev–Trinajstić information content (AvgIpc) is 2.64. The van der Waals surface area contributed by atoms with Gasteiger partial charge in [0.05, 0.1) is 0 Å². The first-order valence-electron chi connectivity index (χ1n) is 10.7. The van der Waals surface area contributed by atoms with Gasteiger partial charge in [0.2, 0.25) is 0 Å². The normalized spacial score (nSPS) is 15.1. The Morgan fingerprint density at radius 3 is 2.11 bits per heavy atom. The Balaban J connectivity index is 1.72. The van der Waals surface area contributed by atoms with E-state index in [0.29, 0.717) is 13.1 Å². The fourth-order valence-electron chi connectivity index (χ4n) is 3.46. The highest BCUT2D eigenvalue weighted by Crippen LogP contribution is 2.20. The molecule has 1 saturated heterocycles. The zero-order valence-corrected chi connectivity index (χ0v) is 17.8. The number of anilines is 1. The molecule has 0 unspecified atom stereocenters. The molecule has 1 aromatic carbocycles. The minimum atomic E-state index is -0.431. The number of rotatable bonds is 8. The molecule has 152 valence electrons. The van der Waals surface area contributed by atoms with Gasteiger partial charge in [-0.05, 0) is 51.3 Å². The van der Waals surface area contributed by atoms with Crippen molar-refractivity contribution < 1.29 is 9.53 Å². The molecule has 1 aliphatic heterocycles. The van der Waals surface area contributed by atoms with Crippen LogP contribution in [0, 0.1) is 0 Å². The van der Waals surface area contributed by atoms with Crippen LogP contribution in [0.25, 0.3) is 0 Å². The second kappa shape index (κ2) is 10.6. The van der Waals surface area contributed by atoms with Crippen LogP contribution in [0.5, 0.6) is 0 Å². The maximum atomic E-state index is 12.2. The third kappa shape index (κ3) is 7.82. The lowest BCUT2D eigenvalue weighted by Gasteiger charge is -2.36. The monoisotopic (exact) mass is 374 g/mol. The highest BCUT2D eigenvalue weighted by molar-refractivity contribution is 5.68. The summed E-state index contributed by atoms with van der Waals surface area (Å²) in [6.07, 6.45) is 9.05. The van der Waals surface area contributed by atoms with E-state index < -0.39 is 5.60 Å². The summed E-state index contributed by atoms with van der Waals surface area (Å²) in [5, 5.41) is 0. The second-order valence-electron chi connectivity index (χ2n) is 8.64. The van der Waals surface area contributed by atoms with Gasteiger partial charge in [-0.2, -0.15) is 0 Å². The van der Waals surface area contributed by atoms with Crippen molar-refractivity contribution in [1.82, 2.24) is 4.90 Å². The van der Waals surface area contributed by atoms with Gasteiger partial charge in [-0.3, -0.25) is 0 Å². The number of hydrogen-bond donors (Lipinski definition) is 0. The van der Waals surface area contributed by atoms with Crippen LogP contribution in [0.1, 0.15) is 71.8 Å². The van der Waals surface area contributed by atoms with Crippen LogP contribution in [0.4, 0.5) is 10.5 Å². The molecule has 1 heterocycles. The van der Waals surface area contributed by atoms with Gasteiger partial charge >= 0.3 is 6.09 Å². The van der Waals surface area contributed by atoms with E-state index in [-0.39, 0.29) is 6.09 Å². The van der Waals surface area contributed by atoms with Crippen molar-refractivity contribution in [3.8, 4) is 0 Å². The number of carbonyl (C=O) groups is 1. The first-order valence-corrected chi connectivity index (χ1v) is 10.7. The van der Waals surface area contributed by atoms with Crippen LogP contribution in [0.3, 0.4) is 0 Å². The van der Waals surface area contributed by atoms with Crippen LogP contribution in [0.15, 0.2) is 24.3 Å². The van der Waals surface area contributed by atoms with E-state index in [1.165, 1.54) is 56.2 Å². The van der Waals surface area contributed by atoms with Gasteiger partial charge in [-0.15, -0.1) is 0 Å². The third-order valence-electron chi connectivity index (χ3n) is 5.05. The van der Waals surface area contributed by atoms with E-state index in [9.17, 15) is 4.79 Å². The Kier molecular flexibility index (Phi) is 8.46. The standard InChI is InChI=1S/C23H38N2O2/c1-5-6-7-8-9-10-11-20-12-14-21(15-13-20)24-16-18-25(19-17-24)22(26)27-23(2,3)4/h12-15H,5-11,16-19H2,1-4H3. The zero-order chi connectivity index (χ0) is 19.7.